The quantitative estimate of drug-likeness (QED) is 0.441. The number of ether oxygens (including phenoxy) is 2. The molecule has 2 aliphatic heterocycles. The third-order valence-corrected chi connectivity index (χ3v) is 6.47. The van der Waals surface area contributed by atoms with Crippen LogP contribution in [0, 0.1) is 0 Å². The van der Waals surface area contributed by atoms with Crippen molar-refractivity contribution >= 4 is 45.0 Å². The number of nitrogens with two attached hydrogens (primary N) is 1. The fourth-order valence-corrected chi connectivity index (χ4v) is 4.88. The van der Waals surface area contributed by atoms with Crippen molar-refractivity contribution in [3.8, 4) is 17.2 Å². The van der Waals surface area contributed by atoms with Crippen molar-refractivity contribution < 1.29 is 23.0 Å². The Morgan fingerprint density at radius 1 is 1.24 bits per heavy atom. The summed E-state index contributed by atoms with van der Waals surface area (Å²) in [4.78, 5) is 28.1. The van der Waals surface area contributed by atoms with Gasteiger partial charge in [0.1, 0.15) is 28.8 Å². The van der Waals surface area contributed by atoms with Crippen molar-refractivity contribution in [3.05, 3.63) is 42.2 Å². The Morgan fingerprint density at radius 2 is 2.09 bits per heavy atom. The van der Waals surface area contributed by atoms with E-state index in [2.05, 4.69) is 29.7 Å². The van der Waals surface area contributed by atoms with E-state index in [0.717, 1.165) is 16.6 Å². The highest BCUT2D eigenvalue weighted by atomic mass is 32.1. The van der Waals surface area contributed by atoms with E-state index in [9.17, 15) is 13.6 Å². The number of hydrogen-bond acceptors (Lipinski definition) is 9. The number of amides is 1. The summed E-state index contributed by atoms with van der Waals surface area (Å²) in [6.45, 7) is 0.641. The lowest BCUT2D eigenvalue weighted by Gasteiger charge is -2.22. The number of hydrogen-bond donors (Lipinski definition) is 2. The molecule has 0 radical (unpaired) electrons. The maximum absolute atomic E-state index is 13.3. The molecule has 0 spiro atoms. The summed E-state index contributed by atoms with van der Waals surface area (Å²) in [7, 11) is 0. The number of carbonyl (C=O) groups is 1. The molecule has 0 saturated carbocycles. The normalized spacial score (nSPS) is 18.5. The molecule has 1 aromatic carbocycles. The predicted octanol–water partition coefficient (Wildman–Crippen LogP) is 3.40. The van der Waals surface area contributed by atoms with Gasteiger partial charge >= 0.3 is 6.29 Å². The molecule has 34 heavy (non-hydrogen) atoms. The second-order valence-corrected chi connectivity index (χ2v) is 8.75. The molecule has 3 aromatic heterocycles. The second kappa shape index (κ2) is 7.52. The number of nitrogens with zero attached hydrogens (tertiary/aromatic N) is 5. The van der Waals surface area contributed by atoms with Gasteiger partial charge in [0.25, 0.3) is 0 Å². The fraction of sp³-hybridized carbons (Fsp3) is 0.238. The fourth-order valence-electron chi connectivity index (χ4n) is 4.12. The van der Waals surface area contributed by atoms with Gasteiger partial charge in [-0.3, -0.25) is 4.79 Å². The summed E-state index contributed by atoms with van der Waals surface area (Å²) in [5, 5.41) is 5.92. The monoisotopic (exact) mass is 485 g/mol. The third kappa shape index (κ3) is 3.53. The first-order valence-corrected chi connectivity index (χ1v) is 11.3. The Labute approximate surface area is 194 Å². The number of aromatic nitrogens is 4. The van der Waals surface area contributed by atoms with Crippen LogP contribution in [0.4, 0.5) is 26.4 Å². The molecule has 3 N–H and O–H groups in total. The van der Waals surface area contributed by atoms with Gasteiger partial charge in [0.2, 0.25) is 11.9 Å². The highest BCUT2D eigenvalue weighted by molar-refractivity contribution is 7.16. The van der Waals surface area contributed by atoms with Crippen LogP contribution in [0.15, 0.2) is 42.2 Å². The Kier molecular flexibility index (Phi) is 4.55. The van der Waals surface area contributed by atoms with Crippen LogP contribution in [0.3, 0.4) is 0 Å². The Balaban J connectivity index is 1.30. The van der Waals surface area contributed by atoms with E-state index in [4.69, 9.17) is 5.73 Å². The highest BCUT2D eigenvalue weighted by Crippen LogP contribution is 2.42. The molecular formula is C21H17F2N7O3S. The largest absolute Gasteiger partial charge is 0.586 e. The van der Waals surface area contributed by atoms with Gasteiger partial charge in [-0.05, 0) is 36.4 Å². The molecule has 10 nitrogen and oxygen atoms in total. The summed E-state index contributed by atoms with van der Waals surface area (Å²) < 4.78 is 37.3. The van der Waals surface area contributed by atoms with E-state index in [1.807, 2.05) is 16.3 Å². The average Bonchev–Trinajstić information content (AvgIpc) is 3.57. The maximum atomic E-state index is 13.3. The molecule has 0 bridgehead atoms. The molecule has 1 fully saturated rings. The van der Waals surface area contributed by atoms with E-state index in [-0.39, 0.29) is 11.5 Å². The van der Waals surface area contributed by atoms with Gasteiger partial charge in [0.15, 0.2) is 11.5 Å². The zero-order valence-corrected chi connectivity index (χ0v) is 18.3. The van der Waals surface area contributed by atoms with Crippen molar-refractivity contribution in [2.45, 2.75) is 25.2 Å². The van der Waals surface area contributed by atoms with E-state index in [1.54, 1.807) is 16.8 Å². The van der Waals surface area contributed by atoms with E-state index < -0.39 is 18.2 Å². The first kappa shape index (κ1) is 20.6. The van der Waals surface area contributed by atoms with Gasteiger partial charge in [-0.1, -0.05) is 0 Å². The van der Waals surface area contributed by atoms with Crippen molar-refractivity contribution in [3.63, 3.8) is 0 Å². The molecule has 1 atom stereocenters. The number of rotatable bonds is 5. The number of alkyl halides is 2. The van der Waals surface area contributed by atoms with Crippen LogP contribution in [0.5, 0.6) is 11.5 Å². The number of primary amides is 1. The van der Waals surface area contributed by atoms with Crippen LogP contribution in [0.25, 0.3) is 15.9 Å². The first-order valence-electron chi connectivity index (χ1n) is 10.4. The van der Waals surface area contributed by atoms with Gasteiger partial charge in [-0.2, -0.15) is 4.98 Å². The SMILES string of the molecule is NC(=O)C1CCCN1c1nc(Nc2cn(-c3ccc4c(c3)OC(F)(F)O4)cn2)c2ccsc2n1. The van der Waals surface area contributed by atoms with E-state index in [0.29, 0.717) is 36.2 Å². The second-order valence-electron chi connectivity index (χ2n) is 7.86. The number of nitrogens with one attached hydrogen (secondary N) is 1. The minimum absolute atomic E-state index is 0.0308. The summed E-state index contributed by atoms with van der Waals surface area (Å²) in [6.07, 6.45) is 1.04. The Bertz CT molecular complexity index is 1420. The minimum Gasteiger partial charge on any atom is -0.395 e. The van der Waals surface area contributed by atoms with E-state index in [1.165, 1.54) is 29.8 Å². The average molecular weight is 485 g/mol. The van der Waals surface area contributed by atoms with Gasteiger partial charge in [0, 0.05) is 12.6 Å². The maximum Gasteiger partial charge on any atom is 0.586 e. The number of carbonyl (C=O) groups excluding carboxylic acids is 1. The van der Waals surface area contributed by atoms with Gasteiger partial charge in [-0.15, -0.1) is 20.1 Å². The lowest BCUT2D eigenvalue weighted by molar-refractivity contribution is -0.286. The molecule has 1 unspecified atom stereocenters. The van der Waals surface area contributed by atoms with Crippen molar-refractivity contribution in [2.24, 2.45) is 5.73 Å². The van der Waals surface area contributed by atoms with Gasteiger partial charge in [-0.25, -0.2) is 9.97 Å². The standard InChI is InChI=1S/C21H17F2N7O3S/c22-21(23)32-14-4-3-11(8-15(14)33-21)29-9-16(25-10-29)26-18-12-5-7-34-19(12)28-20(27-18)30-6-1-2-13(30)17(24)31/h3-5,7-10,13H,1-2,6H2,(H2,24,31)(H,26,27,28). The highest BCUT2D eigenvalue weighted by Gasteiger charge is 2.43. The van der Waals surface area contributed by atoms with Crippen molar-refractivity contribution in [1.29, 1.82) is 0 Å². The van der Waals surface area contributed by atoms with Crippen LogP contribution in [0.1, 0.15) is 12.8 Å². The van der Waals surface area contributed by atoms with Crippen LogP contribution in [0.2, 0.25) is 0 Å². The molecule has 0 aliphatic carbocycles. The smallest absolute Gasteiger partial charge is 0.395 e. The summed E-state index contributed by atoms with van der Waals surface area (Å²) in [5.74, 6) is 0.953. The van der Waals surface area contributed by atoms with Crippen LogP contribution < -0.4 is 25.4 Å². The lowest BCUT2D eigenvalue weighted by Crippen LogP contribution is -2.41. The first-order chi connectivity index (χ1) is 16.4. The van der Waals surface area contributed by atoms with Crippen LogP contribution in [-0.2, 0) is 4.79 Å². The molecule has 1 amide bonds. The van der Waals surface area contributed by atoms with Gasteiger partial charge < -0.3 is 30.0 Å². The number of fused-ring (bicyclic) bond motifs is 2. The minimum atomic E-state index is -3.68. The number of benzene rings is 1. The summed E-state index contributed by atoms with van der Waals surface area (Å²) >= 11 is 1.46. The zero-order chi connectivity index (χ0) is 23.4. The number of thiophene rings is 1. The predicted molar refractivity (Wildman–Crippen MR) is 120 cm³/mol. The zero-order valence-electron chi connectivity index (χ0n) is 17.4. The summed E-state index contributed by atoms with van der Waals surface area (Å²) in [6, 6.07) is 5.93. The molecular weight excluding hydrogens is 468 g/mol. The number of anilines is 3. The Hall–Kier alpha value is -4.00. The third-order valence-electron chi connectivity index (χ3n) is 5.66. The van der Waals surface area contributed by atoms with E-state index >= 15 is 0 Å². The molecule has 2 aliphatic rings. The molecule has 1 saturated heterocycles. The van der Waals surface area contributed by atoms with Crippen LogP contribution in [-0.4, -0.2) is 44.3 Å². The number of halogens is 2. The topological polar surface area (TPSA) is 120 Å². The summed E-state index contributed by atoms with van der Waals surface area (Å²) in [5.41, 5.74) is 6.13. The lowest BCUT2D eigenvalue weighted by atomic mass is 10.2. The molecule has 4 aromatic rings. The molecule has 5 heterocycles. The molecule has 174 valence electrons. The van der Waals surface area contributed by atoms with Gasteiger partial charge in [0.05, 0.1) is 17.3 Å². The van der Waals surface area contributed by atoms with Crippen molar-refractivity contribution in [1.82, 2.24) is 19.5 Å². The Morgan fingerprint density at radius 3 is 2.94 bits per heavy atom. The molecule has 6 rings (SSSR count). The van der Waals surface area contributed by atoms with Crippen LogP contribution >= 0.6 is 11.3 Å². The van der Waals surface area contributed by atoms with Crippen molar-refractivity contribution in [2.75, 3.05) is 16.8 Å². The molecule has 13 heteroatoms. The number of imidazole rings is 1.